The van der Waals surface area contributed by atoms with Crippen molar-refractivity contribution in [1.82, 2.24) is 5.32 Å². The van der Waals surface area contributed by atoms with E-state index in [0.717, 1.165) is 5.69 Å². The van der Waals surface area contributed by atoms with Gasteiger partial charge in [-0.25, -0.2) is 0 Å². The van der Waals surface area contributed by atoms with Gasteiger partial charge in [-0.2, -0.15) is 0 Å². The van der Waals surface area contributed by atoms with Gasteiger partial charge in [-0.1, -0.05) is 11.6 Å². The summed E-state index contributed by atoms with van der Waals surface area (Å²) in [6.45, 7) is 0.574. The number of nitrogens with one attached hydrogen (secondary N) is 2. The fraction of sp³-hybridized carbons (Fsp3) is 0.364. The monoisotopic (exact) mass is 242 g/mol. The molecule has 0 unspecified atom stereocenters. The summed E-state index contributed by atoms with van der Waals surface area (Å²) in [4.78, 5) is 11.0. The Hall–Kier alpha value is -1.42. The minimum atomic E-state index is 0.00780. The Kier molecular flexibility index (Phi) is 4.92. The summed E-state index contributed by atoms with van der Waals surface area (Å²) in [5, 5.41) is 6.24. The van der Waals surface area contributed by atoms with Gasteiger partial charge in [0.25, 0.3) is 0 Å². The standard InChI is InChI=1S/C11H15ClN2O2/c1-13-11(15)5-6-14-8-3-4-9(12)10(7-8)16-2/h3-4,7,14H,5-6H2,1-2H3,(H,13,15). The number of ether oxygens (including phenoxy) is 1. The van der Waals surface area contributed by atoms with Crippen LogP contribution in [0.25, 0.3) is 0 Å². The van der Waals surface area contributed by atoms with Crippen molar-refractivity contribution >= 4 is 23.2 Å². The molecule has 1 aromatic rings. The topological polar surface area (TPSA) is 50.4 Å². The van der Waals surface area contributed by atoms with Gasteiger partial charge in [0.15, 0.2) is 0 Å². The predicted octanol–water partition coefficient (Wildman–Crippen LogP) is 1.90. The van der Waals surface area contributed by atoms with E-state index in [0.29, 0.717) is 23.7 Å². The summed E-state index contributed by atoms with van der Waals surface area (Å²) in [6, 6.07) is 5.39. The van der Waals surface area contributed by atoms with Crippen molar-refractivity contribution in [2.24, 2.45) is 0 Å². The first-order chi connectivity index (χ1) is 7.67. The van der Waals surface area contributed by atoms with Crippen molar-refractivity contribution in [3.63, 3.8) is 0 Å². The van der Waals surface area contributed by atoms with Gasteiger partial charge < -0.3 is 15.4 Å². The van der Waals surface area contributed by atoms with Gasteiger partial charge in [-0.05, 0) is 12.1 Å². The minimum Gasteiger partial charge on any atom is -0.495 e. The summed E-state index contributed by atoms with van der Waals surface area (Å²) < 4.78 is 5.08. The van der Waals surface area contributed by atoms with Gasteiger partial charge in [0, 0.05) is 31.8 Å². The van der Waals surface area contributed by atoms with E-state index < -0.39 is 0 Å². The van der Waals surface area contributed by atoms with Crippen LogP contribution in [0, 0.1) is 0 Å². The van der Waals surface area contributed by atoms with Crippen LogP contribution >= 0.6 is 11.6 Å². The maximum absolute atomic E-state index is 11.0. The van der Waals surface area contributed by atoms with Gasteiger partial charge in [0.1, 0.15) is 5.75 Å². The number of hydrogen-bond donors (Lipinski definition) is 2. The van der Waals surface area contributed by atoms with E-state index in [2.05, 4.69) is 10.6 Å². The number of hydrogen-bond acceptors (Lipinski definition) is 3. The number of halogens is 1. The SMILES string of the molecule is CNC(=O)CCNc1ccc(Cl)c(OC)c1. The molecule has 0 bridgehead atoms. The molecule has 1 amide bonds. The van der Waals surface area contributed by atoms with E-state index in [9.17, 15) is 4.79 Å². The Morgan fingerprint density at radius 3 is 2.88 bits per heavy atom. The van der Waals surface area contributed by atoms with Gasteiger partial charge in [-0.15, -0.1) is 0 Å². The Morgan fingerprint density at radius 1 is 1.50 bits per heavy atom. The third kappa shape index (κ3) is 3.62. The molecule has 0 aromatic heterocycles. The molecule has 0 radical (unpaired) electrons. The summed E-state index contributed by atoms with van der Waals surface area (Å²) in [5.41, 5.74) is 0.880. The zero-order valence-electron chi connectivity index (χ0n) is 9.34. The number of benzene rings is 1. The molecular formula is C11H15ClN2O2. The van der Waals surface area contributed by atoms with Crippen molar-refractivity contribution in [3.05, 3.63) is 23.2 Å². The van der Waals surface area contributed by atoms with Crippen LogP contribution in [-0.2, 0) is 4.79 Å². The van der Waals surface area contributed by atoms with Crippen molar-refractivity contribution in [1.29, 1.82) is 0 Å². The van der Waals surface area contributed by atoms with Crippen LogP contribution in [0.4, 0.5) is 5.69 Å². The second-order valence-electron chi connectivity index (χ2n) is 3.20. The second kappa shape index (κ2) is 6.23. The average Bonchev–Trinajstić information content (AvgIpc) is 2.31. The van der Waals surface area contributed by atoms with E-state index >= 15 is 0 Å². The zero-order valence-corrected chi connectivity index (χ0v) is 10.1. The van der Waals surface area contributed by atoms with Crippen LogP contribution in [0.1, 0.15) is 6.42 Å². The third-order valence-electron chi connectivity index (χ3n) is 2.11. The van der Waals surface area contributed by atoms with Crippen LogP contribution in [0.15, 0.2) is 18.2 Å². The molecule has 2 N–H and O–H groups in total. The second-order valence-corrected chi connectivity index (χ2v) is 3.61. The van der Waals surface area contributed by atoms with E-state index in [1.54, 1.807) is 26.3 Å². The average molecular weight is 243 g/mol. The highest BCUT2D eigenvalue weighted by molar-refractivity contribution is 6.32. The van der Waals surface area contributed by atoms with E-state index in [-0.39, 0.29) is 5.91 Å². The molecule has 0 heterocycles. The minimum absolute atomic E-state index is 0.00780. The molecule has 0 saturated carbocycles. The molecule has 5 heteroatoms. The lowest BCUT2D eigenvalue weighted by molar-refractivity contribution is -0.120. The number of carbonyl (C=O) groups excluding carboxylic acids is 1. The molecule has 0 saturated heterocycles. The Labute approximate surface area is 99.9 Å². The first kappa shape index (κ1) is 12.6. The molecule has 88 valence electrons. The summed E-state index contributed by atoms with van der Waals surface area (Å²) in [7, 11) is 3.18. The zero-order chi connectivity index (χ0) is 12.0. The fourth-order valence-electron chi connectivity index (χ4n) is 1.22. The van der Waals surface area contributed by atoms with E-state index in [4.69, 9.17) is 16.3 Å². The van der Waals surface area contributed by atoms with Crippen LogP contribution in [0.3, 0.4) is 0 Å². The van der Waals surface area contributed by atoms with Gasteiger partial charge in [0.05, 0.1) is 12.1 Å². The van der Waals surface area contributed by atoms with Crippen molar-refractivity contribution in [2.45, 2.75) is 6.42 Å². The fourth-order valence-corrected chi connectivity index (χ4v) is 1.41. The molecular weight excluding hydrogens is 228 g/mol. The lowest BCUT2D eigenvalue weighted by Gasteiger charge is -2.08. The first-order valence-electron chi connectivity index (χ1n) is 4.95. The number of rotatable bonds is 5. The Morgan fingerprint density at radius 2 is 2.25 bits per heavy atom. The molecule has 0 spiro atoms. The molecule has 0 aliphatic rings. The maximum atomic E-state index is 11.0. The quantitative estimate of drug-likeness (QED) is 0.829. The smallest absolute Gasteiger partial charge is 0.221 e. The first-order valence-corrected chi connectivity index (χ1v) is 5.33. The van der Waals surface area contributed by atoms with E-state index in [1.807, 2.05) is 6.07 Å². The number of methoxy groups -OCH3 is 1. The molecule has 1 rings (SSSR count). The Bertz CT molecular complexity index is 369. The van der Waals surface area contributed by atoms with Crippen molar-refractivity contribution in [3.8, 4) is 5.75 Å². The summed E-state index contributed by atoms with van der Waals surface area (Å²) in [6.07, 6.45) is 0.432. The molecule has 16 heavy (non-hydrogen) atoms. The normalized spacial score (nSPS) is 9.69. The lowest BCUT2D eigenvalue weighted by atomic mass is 10.3. The highest BCUT2D eigenvalue weighted by Crippen LogP contribution is 2.27. The maximum Gasteiger partial charge on any atom is 0.221 e. The van der Waals surface area contributed by atoms with Crippen molar-refractivity contribution in [2.75, 3.05) is 26.0 Å². The molecule has 0 atom stereocenters. The lowest BCUT2D eigenvalue weighted by Crippen LogP contribution is -2.20. The van der Waals surface area contributed by atoms with Crippen LogP contribution in [-0.4, -0.2) is 26.6 Å². The molecule has 4 nitrogen and oxygen atoms in total. The summed E-state index contributed by atoms with van der Waals surface area (Å²) in [5.74, 6) is 0.625. The summed E-state index contributed by atoms with van der Waals surface area (Å²) >= 11 is 5.89. The predicted molar refractivity (Wildman–Crippen MR) is 65.2 cm³/mol. The highest BCUT2D eigenvalue weighted by Gasteiger charge is 2.02. The Balaban J connectivity index is 2.51. The molecule has 0 aliphatic carbocycles. The molecule has 1 aromatic carbocycles. The number of carbonyl (C=O) groups is 1. The molecule has 0 fully saturated rings. The van der Waals surface area contributed by atoms with Crippen LogP contribution in [0.5, 0.6) is 5.75 Å². The van der Waals surface area contributed by atoms with Gasteiger partial charge in [0.2, 0.25) is 5.91 Å². The van der Waals surface area contributed by atoms with Crippen LogP contribution < -0.4 is 15.4 Å². The number of amides is 1. The third-order valence-corrected chi connectivity index (χ3v) is 2.42. The van der Waals surface area contributed by atoms with E-state index in [1.165, 1.54) is 0 Å². The number of anilines is 1. The largest absolute Gasteiger partial charge is 0.495 e. The highest BCUT2D eigenvalue weighted by atomic mass is 35.5. The van der Waals surface area contributed by atoms with Gasteiger partial charge in [-0.3, -0.25) is 4.79 Å². The van der Waals surface area contributed by atoms with Crippen molar-refractivity contribution < 1.29 is 9.53 Å². The van der Waals surface area contributed by atoms with Gasteiger partial charge >= 0.3 is 0 Å². The van der Waals surface area contributed by atoms with Crippen LogP contribution in [0.2, 0.25) is 5.02 Å². The molecule has 0 aliphatic heterocycles.